The van der Waals surface area contributed by atoms with Gasteiger partial charge in [-0.2, -0.15) is 0 Å². The zero-order chi connectivity index (χ0) is 16.0. The van der Waals surface area contributed by atoms with Crippen molar-refractivity contribution in [3.8, 4) is 0 Å². The van der Waals surface area contributed by atoms with Crippen molar-refractivity contribution in [1.82, 2.24) is 10.6 Å². The van der Waals surface area contributed by atoms with Gasteiger partial charge >= 0.3 is 0 Å². The minimum absolute atomic E-state index is 0.139. The van der Waals surface area contributed by atoms with Gasteiger partial charge in [0.2, 0.25) is 5.91 Å². The summed E-state index contributed by atoms with van der Waals surface area (Å²) >= 11 is 5.68. The lowest BCUT2D eigenvalue weighted by atomic mass is 10.1. The van der Waals surface area contributed by atoms with Crippen molar-refractivity contribution in [2.45, 2.75) is 26.3 Å². The van der Waals surface area contributed by atoms with Crippen LogP contribution in [-0.4, -0.2) is 29.3 Å². The van der Waals surface area contributed by atoms with E-state index < -0.39 is 22.6 Å². The van der Waals surface area contributed by atoms with Crippen LogP contribution in [0.15, 0.2) is 18.2 Å². The van der Waals surface area contributed by atoms with E-state index in [0.29, 0.717) is 6.54 Å². The number of nitro benzene ring substituents is 1. The Hall–Kier alpha value is -2.15. The molecule has 0 saturated carbocycles. The van der Waals surface area contributed by atoms with E-state index in [-0.39, 0.29) is 16.5 Å². The van der Waals surface area contributed by atoms with E-state index in [0.717, 1.165) is 12.5 Å². The fourth-order valence-electron chi connectivity index (χ4n) is 1.59. The van der Waals surface area contributed by atoms with Crippen LogP contribution < -0.4 is 10.6 Å². The molecule has 0 unspecified atom stereocenters. The summed E-state index contributed by atoms with van der Waals surface area (Å²) in [6, 6.07) is 2.94. The molecule has 0 aromatic heterocycles. The SMILES string of the molecule is CCCNC(=O)[C@@H](C)NC(=O)c1ccc(Cl)cc1[N+](=O)[O-]. The van der Waals surface area contributed by atoms with Crippen LogP contribution in [0.1, 0.15) is 30.6 Å². The van der Waals surface area contributed by atoms with Gasteiger partial charge in [-0.05, 0) is 25.5 Å². The third kappa shape index (κ3) is 4.71. The van der Waals surface area contributed by atoms with E-state index in [4.69, 9.17) is 11.6 Å². The summed E-state index contributed by atoms with van der Waals surface area (Å²) in [4.78, 5) is 33.9. The molecule has 1 rings (SSSR count). The Morgan fingerprint density at radius 3 is 2.67 bits per heavy atom. The number of carbonyl (C=O) groups is 2. The Bertz CT molecular complexity index is 562. The highest BCUT2D eigenvalue weighted by Crippen LogP contribution is 2.23. The molecule has 0 saturated heterocycles. The van der Waals surface area contributed by atoms with Gasteiger partial charge < -0.3 is 10.6 Å². The molecule has 1 aromatic carbocycles. The first-order chi connectivity index (χ1) is 9.86. The van der Waals surface area contributed by atoms with Crippen LogP contribution in [0.3, 0.4) is 0 Å². The van der Waals surface area contributed by atoms with Gasteiger partial charge in [0.15, 0.2) is 0 Å². The largest absolute Gasteiger partial charge is 0.354 e. The third-order valence-electron chi connectivity index (χ3n) is 2.69. The fourth-order valence-corrected chi connectivity index (χ4v) is 1.76. The minimum atomic E-state index is -0.792. The number of carbonyl (C=O) groups excluding carboxylic acids is 2. The van der Waals surface area contributed by atoms with Gasteiger partial charge in [0.25, 0.3) is 11.6 Å². The summed E-state index contributed by atoms with van der Waals surface area (Å²) in [5.41, 5.74) is -0.541. The van der Waals surface area contributed by atoms with Gasteiger partial charge in [-0.15, -0.1) is 0 Å². The van der Waals surface area contributed by atoms with E-state index in [1.165, 1.54) is 19.1 Å². The average molecular weight is 314 g/mol. The van der Waals surface area contributed by atoms with E-state index in [2.05, 4.69) is 10.6 Å². The number of nitrogens with one attached hydrogen (secondary N) is 2. The summed E-state index contributed by atoms with van der Waals surface area (Å²) in [6.07, 6.45) is 0.773. The molecular formula is C13H16ClN3O4. The molecule has 0 aliphatic heterocycles. The quantitative estimate of drug-likeness (QED) is 0.618. The molecule has 2 amide bonds. The van der Waals surface area contributed by atoms with Crippen LogP contribution in [0.5, 0.6) is 0 Å². The maximum Gasteiger partial charge on any atom is 0.283 e. The van der Waals surface area contributed by atoms with Crippen molar-refractivity contribution >= 4 is 29.1 Å². The normalized spacial score (nSPS) is 11.6. The van der Waals surface area contributed by atoms with Crippen molar-refractivity contribution < 1.29 is 14.5 Å². The van der Waals surface area contributed by atoms with E-state index >= 15 is 0 Å². The van der Waals surface area contributed by atoms with Gasteiger partial charge in [0.1, 0.15) is 11.6 Å². The van der Waals surface area contributed by atoms with Gasteiger partial charge in [-0.25, -0.2) is 0 Å². The molecule has 0 fully saturated rings. The van der Waals surface area contributed by atoms with Gasteiger partial charge in [0.05, 0.1) is 4.92 Å². The van der Waals surface area contributed by atoms with E-state index in [1.54, 1.807) is 0 Å². The number of nitrogens with zero attached hydrogens (tertiary/aromatic N) is 1. The van der Waals surface area contributed by atoms with Crippen molar-refractivity contribution in [2.24, 2.45) is 0 Å². The van der Waals surface area contributed by atoms with Crippen LogP contribution in [-0.2, 0) is 4.79 Å². The Labute approximate surface area is 126 Å². The lowest BCUT2D eigenvalue weighted by Crippen LogP contribution is -2.45. The Morgan fingerprint density at radius 1 is 1.43 bits per heavy atom. The second-order valence-corrected chi connectivity index (χ2v) is 4.84. The molecule has 1 atom stereocenters. The number of halogens is 1. The number of nitro groups is 1. The summed E-state index contributed by atoms with van der Waals surface area (Å²) in [7, 11) is 0. The molecule has 0 heterocycles. The van der Waals surface area contributed by atoms with Gasteiger partial charge in [0, 0.05) is 17.6 Å². The highest BCUT2D eigenvalue weighted by molar-refractivity contribution is 6.31. The number of amides is 2. The van der Waals surface area contributed by atoms with Crippen molar-refractivity contribution in [2.75, 3.05) is 6.54 Å². The smallest absolute Gasteiger partial charge is 0.283 e. The topological polar surface area (TPSA) is 101 Å². The average Bonchev–Trinajstić information content (AvgIpc) is 2.44. The van der Waals surface area contributed by atoms with Crippen LogP contribution >= 0.6 is 11.6 Å². The Morgan fingerprint density at radius 2 is 2.10 bits per heavy atom. The molecule has 0 spiro atoms. The monoisotopic (exact) mass is 313 g/mol. The minimum Gasteiger partial charge on any atom is -0.354 e. The molecule has 114 valence electrons. The first-order valence-electron chi connectivity index (χ1n) is 6.39. The van der Waals surface area contributed by atoms with Crippen molar-refractivity contribution in [3.63, 3.8) is 0 Å². The maximum atomic E-state index is 12.0. The Balaban J connectivity index is 2.85. The first-order valence-corrected chi connectivity index (χ1v) is 6.77. The van der Waals surface area contributed by atoms with Crippen LogP contribution in [0, 0.1) is 10.1 Å². The molecule has 0 aliphatic carbocycles. The number of benzene rings is 1. The second kappa shape index (κ2) is 7.58. The third-order valence-corrected chi connectivity index (χ3v) is 2.93. The van der Waals surface area contributed by atoms with Crippen molar-refractivity contribution in [1.29, 1.82) is 0 Å². The zero-order valence-electron chi connectivity index (χ0n) is 11.7. The highest BCUT2D eigenvalue weighted by Gasteiger charge is 2.23. The highest BCUT2D eigenvalue weighted by atomic mass is 35.5. The molecule has 8 heteroatoms. The summed E-state index contributed by atoms with van der Waals surface area (Å²) in [6.45, 7) is 3.91. The first kappa shape index (κ1) is 16.9. The standard InChI is InChI=1S/C13H16ClN3O4/c1-3-6-15-12(18)8(2)16-13(19)10-5-4-9(14)7-11(10)17(20)21/h4-5,7-8H,3,6H2,1-2H3,(H,15,18)(H,16,19)/t8-/m1/s1. The molecule has 21 heavy (non-hydrogen) atoms. The number of hydrogen-bond acceptors (Lipinski definition) is 4. The Kier molecular flexibility index (Phi) is 6.10. The fraction of sp³-hybridized carbons (Fsp3) is 0.385. The predicted octanol–water partition coefficient (Wildman–Crippen LogP) is 1.89. The molecule has 2 N–H and O–H groups in total. The molecule has 7 nitrogen and oxygen atoms in total. The molecule has 0 aliphatic rings. The zero-order valence-corrected chi connectivity index (χ0v) is 12.4. The van der Waals surface area contributed by atoms with E-state index in [1.807, 2.05) is 6.92 Å². The molecular weight excluding hydrogens is 298 g/mol. The summed E-state index contributed by atoms with van der Waals surface area (Å²) in [5, 5.41) is 16.1. The van der Waals surface area contributed by atoms with E-state index in [9.17, 15) is 19.7 Å². The summed E-state index contributed by atoms with van der Waals surface area (Å²) in [5.74, 6) is -1.04. The molecule has 0 radical (unpaired) electrons. The van der Waals surface area contributed by atoms with Crippen LogP contribution in [0.4, 0.5) is 5.69 Å². The molecule has 0 bridgehead atoms. The van der Waals surface area contributed by atoms with Crippen LogP contribution in [0.25, 0.3) is 0 Å². The lowest BCUT2D eigenvalue weighted by molar-refractivity contribution is -0.385. The van der Waals surface area contributed by atoms with Crippen molar-refractivity contribution in [3.05, 3.63) is 38.9 Å². The maximum absolute atomic E-state index is 12.0. The predicted molar refractivity (Wildman–Crippen MR) is 78.3 cm³/mol. The van der Waals surface area contributed by atoms with Crippen LogP contribution in [0.2, 0.25) is 5.02 Å². The lowest BCUT2D eigenvalue weighted by Gasteiger charge is -2.13. The van der Waals surface area contributed by atoms with Gasteiger partial charge in [-0.3, -0.25) is 19.7 Å². The second-order valence-electron chi connectivity index (χ2n) is 4.40. The number of hydrogen-bond donors (Lipinski definition) is 2. The molecule has 1 aromatic rings. The number of rotatable bonds is 6. The summed E-state index contributed by atoms with van der Waals surface area (Å²) < 4.78 is 0. The van der Waals surface area contributed by atoms with Gasteiger partial charge in [-0.1, -0.05) is 18.5 Å².